The molecule has 1 aliphatic heterocycles. The summed E-state index contributed by atoms with van der Waals surface area (Å²) in [5.41, 5.74) is 2.30. The van der Waals surface area contributed by atoms with Crippen molar-refractivity contribution in [2.24, 2.45) is 0 Å². The summed E-state index contributed by atoms with van der Waals surface area (Å²) < 4.78 is 5.61. The van der Waals surface area contributed by atoms with Gasteiger partial charge in [0.1, 0.15) is 5.69 Å². The van der Waals surface area contributed by atoms with Crippen LogP contribution in [0.25, 0.3) is 22.7 Å². The van der Waals surface area contributed by atoms with Gasteiger partial charge in [0, 0.05) is 50.3 Å². The molecule has 0 unspecified atom stereocenters. The Morgan fingerprint density at radius 1 is 1.08 bits per heavy atom. The van der Waals surface area contributed by atoms with Crippen molar-refractivity contribution in [1.82, 2.24) is 24.8 Å². The van der Waals surface area contributed by atoms with Crippen LogP contribution in [0.2, 0.25) is 0 Å². The second-order valence-electron chi connectivity index (χ2n) is 6.33. The SMILES string of the molecule is CCCN1CCN(c2ncc(-c3cnccn3)c(-c3ccco3)n2)CC1. The van der Waals surface area contributed by atoms with Gasteiger partial charge < -0.3 is 9.32 Å². The number of rotatable bonds is 5. The molecule has 134 valence electrons. The van der Waals surface area contributed by atoms with Crippen LogP contribution in [0.4, 0.5) is 5.95 Å². The van der Waals surface area contributed by atoms with E-state index in [1.807, 2.05) is 18.3 Å². The third kappa shape index (κ3) is 3.43. The van der Waals surface area contributed by atoms with Crippen molar-refractivity contribution in [3.8, 4) is 22.7 Å². The first-order valence-electron chi connectivity index (χ1n) is 8.99. The Balaban J connectivity index is 1.65. The van der Waals surface area contributed by atoms with Gasteiger partial charge in [-0.2, -0.15) is 0 Å². The average Bonchev–Trinajstić information content (AvgIpc) is 3.24. The molecule has 1 saturated heterocycles. The van der Waals surface area contributed by atoms with Crippen molar-refractivity contribution in [2.45, 2.75) is 13.3 Å². The first-order chi connectivity index (χ1) is 12.8. The Bertz CT molecular complexity index is 829. The van der Waals surface area contributed by atoms with E-state index < -0.39 is 0 Å². The number of piperazine rings is 1. The average molecular weight is 350 g/mol. The zero-order valence-electron chi connectivity index (χ0n) is 14.9. The number of aromatic nitrogens is 4. The highest BCUT2D eigenvalue weighted by Crippen LogP contribution is 2.30. The highest BCUT2D eigenvalue weighted by molar-refractivity contribution is 5.76. The standard InChI is InChI=1S/C19H22N6O/c1-2-7-24-8-10-25(11-9-24)19-22-13-15(16-14-20-5-6-21-16)18(23-19)17-4-3-12-26-17/h3-6,12-14H,2,7-11H2,1H3. The lowest BCUT2D eigenvalue weighted by atomic mass is 10.1. The minimum atomic E-state index is 0.707. The molecular weight excluding hydrogens is 328 g/mol. The van der Waals surface area contributed by atoms with Crippen LogP contribution >= 0.6 is 0 Å². The van der Waals surface area contributed by atoms with Crippen LogP contribution in [0.15, 0.2) is 47.6 Å². The highest BCUT2D eigenvalue weighted by Gasteiger charge is 2.21. The monoisotopic (exact) mass is 350 g/mol. The molecule has 0 amide bonds. The molecule has 0 aromatic carbocycles. The molecule has 0 spiro atoms. The van der Waals surface area contributed by atoms with Crippen LogP contribution < -0.4 is 4.90 Å². The molecule has 0 saturated carbocycles. The predicted molar refractivity (Wildman–Crippen MR) is 99.7 cm³/mol. The fourth-order valence-corrected chi connectivity index (χ4v) is 3.24. The van der Waals surface area contributed by atoms with Gasteiger partial charge in [0.05, 0.1) is 18.2 Å². The van der Waals surface area contributed by atoms with Gasteiger partial charge in [-0.05, 0) is 25.1 Å². The molecule has 3 aromatic rings. The van der Waals surface area contributed by atoms with Crippen molar-refractivity contribution in [3.63, 3.8) is 0 Å². The second-order valence-corrected chi connectivity index (χ2v) is 6.33. The summed E-state index contributed by atoms with van der Waals surface area (Å²) in [6.07, 6.45) is 9.70. The molecule has 7 nitrogen and oxygen atoms in total. The van der Waals surface area contributed by atoms with Gasteiger partial charge in [0.25, 0.3) is 0 Å². The maximum Gasteiger partial charge on any atom is 0.226 e. The third-order valence-electron chi connectivity index (χ3n) is 4.56. The fraction of sp³-hybridized carbons (Fsp3) is 0.368. The minimum absolute atomic E-state index is 0.707. The molecule has 0 N–H and O–H groups in total. The first-order valence-corrected chi connectivity index (χ1v) is 8.99. The number of furan rings is 1. The maximum absolute atomic E-state index is 5.61. The molecule has 1 aliphatic rings. The lowest BCUT2D eigenvalue weighted by Crippen LogP contribution is -2.47. The van der Waals surface area contributed by atoms with Gasteiger partial charge in [0.2, 0.25) is 5.95 Å². The van der Waals surface area contributed by atoms with Gasteiger partial charge >= 0.3 is 0 Å². The van der Waals surface area contributed by atoms with E-state index >= 15 is 0 Å². The van der Waals surface area contributed by atoms with Crippen molar-refractivity contribution >= 4 is 5.95 Å². The van der Waals surface area contributed by atoms with E-state index in [2.05, 4.69) is 31.7 Å². The Morgan fingerprint density at radius 3 is 2.65 bits per heavy atom. The van der Waals surface area contributed by atoms with E-state index in [1.54, 1.807) is 24.9 Å². The van der Waals surface area contributed by atoms with E-state index in [4.69, 9.17) is 9.40 Å². The molecule has 3 aromatic heterocycles. The van der Waals surface area contributed by atoms with Gasteiger partial charge in [0.15, 0.2) is 5.76 Å². The Labute approximate surface area is 152 Å². The summed E-state index contributed by atoms with van der Waals surface area (Å²) in [4.78, 5) is 22.7. The number of nitrogens with zero attached hydrogens (tertiary/aromatic N) is 6. The molecule has 4 rings (SSSR count). The van der Waals surface area contributed by atoms with Crippen molar-refractivity contribution in [1.29, 1.82) is 0 Å². The summed E-state index contributed by atoms with van der Waals surface area (Å²) in [5, 5.41) is 0. The molecule has 0 aliphatic carbocycles. The third-order valence-corrected chi connectivity index (χ3v) is 4.56. The Morgan fingerprint density at radius 2 is 1.96 bits per heavy atom. The largest absolute Gasteiger partial charge is 0.463 e. The van der Waals surface area contributed by atoms with E-state index in [-0.39, 0.29) is 0 Å². The molecule has 4 heterocycles. The van der Waals surface area contributed by atoms with Crippen molar-refractivity contribution in [2.75, 3.05) is 37.6 Å². The van der Waals surface area contributed by atoms with Gasteiger partial charge in [-0.3, -0.25) is 14.9 Å². The lowest BCUT2D eigenvalue weighted by Gasteiger charge is -2.34. The summed E-state index contributed by atoms with van der Waals surface area (Å²) in [6, 6.07) is 3.77. The van der Waals surface area contributed by atoms with E-state index in [0.717, 1.165) is 55.6 Å². The minimum Gasteiger partial charge on any atom is -0.463 e. The smallest absolute Gasteiger partial charge is 0.226 e. The highest BCUT2D eigenvalue weighted by atomic mass is 16.3. The maximum atomic E-state index is 5.61. The quantitative estimate of drug-likeness (QED) is 0.700. The van der Waals surface area contributed by atoms with Crippen LogP contribution in [0.5, 0.6) is 0 Å². The van der Waals surface area contributed by atoms with Gasteiger partial charge in [-0.25, -0.2) is 9.97 Å². The van der Waals surface area contributed by atoms with Crippen LogP contribution in [0.3, 0.4) is 0 Å². The summed E-state index contributed by atoms with van der Waals surface area (Å²) in [7, 11) is 0. The molecule has 7 heteroatoms. The van der Waals surface area contributed by atoms with Gasteiger partial charge in [-0.1, -0.05) is 6.92 Å². The number of hydrogen-bond acceptors (Lipinski definition) is 7. The number of hydrogen-bond donors (Lipinski definition) is 0. The Kier molecular flexibility index (Phi) is 4.88. The van der Waals surface area contributed by atoms with Crippen LogP contribution in [0.1, 0.15) is 13.3 Å². The Hall–Kier alpha value is -2.80. The summed E-state index contributed by atoms with van der Waals surface area (Å²) in [6.45, 7) is 7.32. The van der Waals surface area contributed by atoms with Crippen molar-refractivity contribution in [3.05, 3.63) is 43.2 Å². The summed E-state index contributed by atoms with van der Waals surface area (Å²) >= 11 is 0. The first kappa shape index (κ1) is 16.7. The topological polar surface area (TPSA) is 71.2 Å². The zero-order valence-corrected chi connectivity index (χ0v) is 14.9. The second kappa shape index (κ2) is 7.61. The molecular formula is C19H22N6O. The van der Waals surface area contributed by atoms with Crippen LogP contribution in [0, 0.1) is 0 Å². The molecule has 1 fully saturated rings. The predicted octanol–water partition coefficient (Wildman–Crippen LogP) is 2.73. The van der Waals surface area contributed by atoms with E-state index in [1.165, 1.54) is 6.42 Å². The summed E-state index contributed by atoms with van der Waals surface area (Å²) in [5.74, 6) is 1.44. The zero-order chi connectivity index (χ0) is 17.8. The van der Waals surface area contributed by atoms with Crippen LogP contribution in [-0.4, -0.2) is 57.6 Å². The van der Waals surface area contributed by atoms with Gasteiger partial charge in [-0.15, -0.1) is 0 Å². The van der Waals surface area contributed by atoms with E-state index in [9.17, 15) is 0 Å². The molecule has 26 heavy (non-hydrogen) atoms. The van der Waals surface area contributed by atoms with Crippen molar-refractivity contribution < 1.29 is 4.42 Å². The molecule has 0 atom stereocenters. The molecule has 0 radical (unpaired) electrons. The normalized spacial score (nSPS) is 15.3. The number of anilines is 1. The molecule has 0 bridgehead atoms. The lowest BCUT2D eigenvalue weighted by molar-refractivity contribution is 0.257. The van der Waals surface area contributed by atoms with Crippen LogP contribution in [-0.2, 0) is 0 Å². The van der Waals surface area contributed by atoms with E-state index in [0.29, 0.717) is 5.76 Å². The fourth-order valence-electron chi connectivity index (χ4n) is 3.24.